The van der Waals surface area contributed by atoms with Gasteiger partial charge >= 0.3 is 0 Å². The van der Waals surface area contributed by atoms with Crippen LogP contribution in [0.15, 0.2) is 73.2 Å². The van der Waals surface area contributed by atoms with Crippen molar-refractivity contribution in [3.8, 4) is 16.9 Å². The normalized spacial score (nSPS) is 18.0. The molecule has 1 unspecified atom stereocenters. The predicted octanol–water partition coefficient (Wildman–Crippen LogP) is 5.00. The Morgan fingerprint density at radius 2 is 1.69 bits per heavy atom. The first-order valence-electron chi connectivity index (χ1n) is 20.6. The fourth-order valence-corrected chi connectivity index (χ4v) is 8.81. The lowest BCUT2D eigenvalue weighted by molar-refractivity contribution is -0.139. The fraction of sp³-hybridized carbons (Fsp3) is 0.364. The number of carbonyl (C=O) groups excluding carboxylic acids is 4. The summed E-state index contributed by atoms with van der Waals surface area (Å²) in [4.78, 5) is 69.0. The molecule has 0 bridgehead atoms. The van der Waals surface area contributed by atoms with E-state index < -0.39 is 56.0 Å². The highest BCUT2D eigenvalue weighted by atomic mass is 32.2. The number of rotatable bonds is 12. The Balaban J connectivity index is 0.880. The molecule has 5 aromatic rings. The molecule has 3 N–H and O–H groups in total. The van der Waals surface area contributed by atoms with E-state index in [1.54, 1.807) is 24.5 Å². The number of nitrogens with zero attached hydrogens (tertiary/aromatic N) is 5. The second-order valence-corrected chi connectivity index (χ2v) is 18.3. The van der Waals surface area contributed by atoms with Crippen molar-refractivity contribution in [3.63, 3.8) is 0 Å². The molecule has 18 heteroatoms. The van der Waals surface area contributed by atoms with Crippen LogP contribution in [0.2, 0.25) is 0 Å². The number of halogens is 2. The number of imide groups is 1. The summed E-state index contributed by atoms with van der Waals surface area (Å²) < 4.78 is 63.6. The number of nitrogens with one attached hydrogen (secondary N) is 3. The van der Waals surface area contributed by atoms with Gasteiger partial charge in [-0.2, -0.15) is 0 Å². The van der Waals surface area contributed by atoms with Crippen LogP contribution in [0.5, 0.6) is 5.75 Å². The summed E-state index contributed by atoms with van der Waals surface area (Å²) in [5, 5.41) is 1.72. The molecule has 8 rings (SSSR count). The van der Waals surface area contributed by atoms with Crippen molar-refractivity contribution in [3.05, 3.63) is 102 Å². The largest absolute Gasteiger partial charge is 0.481 e. The lowest BCUT2D eigenvalue weighted by Gasteiger charge is -2.38. The fourth-order valence-electron chi connectivity index (χ4n) is 8.11. The summed E-state index contributed by atoms with van der Waals surface area (Å²) in [6, 6.07) is 14.9. The Kier molecular flexibility index (Phi) is 12.0. The average molecular weight is 869 g/mol. The van der Waals surface area contributed by atoms with Gasteiger partial charge in [0.25, 0.3) is 5.91 Å². The molecule has 3 saturated heterocycles. The maximum Gasteiger partial charge on any atom is 0.267 e. The van der Waals surface area contributed by atoms with Crippen molar-refractivity contribution < 1.29 is 41.1 Å². The lowest BCUT2D eigenvalue weighted by atomic mass is 9.89. The molecule has 0 saturated carbocycles. The van der Waals surface area contributed by atoms with E-state index >= 15 is 8.78 Å². The number of piperazine rings is 1. The Morgan fingerprint density at radius 1 is 0.952 bits per heavy atom. The molecule has 3 aliphatic heterocycles. The molecule has 3 fully saturated rings. The van der Waals surface area contributed by atoms with E-state index in [9.17, 15) is 27.6 Å². The van der Waals surface area contributed by atoms with Crippen molar-refractivity contribution in [1.82, 2.24) is 30.1 Å². The number of pyridine rings is 2. The van der Waals surface area contributed by atoms with Crippen LogP contribution >= 0.6 is 0 Å². The van der Waals surface area contributed by atoms with Crippen LogP contribution < -0.4 is 19.7 Å². The number of likely N-dealkylation sites (tertiary alicyclic amines) is 1. The maximum atomic E-state index is 15.6. The first kappa shape index (κ1) is 42.4. The van der Waals surface area contributed by atoms with Gasteiger partial charge in [0.1, 0.15) is 23.0 Å². The van der Waals surface area contributed by atoms with E-state index in [1.165, 1.54) is 25.6 Å². The number of H-pyrrole nitrogens is 1. The highest BCUT2D eigenvalue weighted by molar-refractivity contribution is 7.93. The third-order valence-electron chi connectivity index (χ3n) is 11.8. The Hall–Kier alpha value is -6.27. The van der Waals surface area contributed by atoms with E-state index in [4.69, 9.17) is 4.74 Å². The smallest absolute Gasteiger partial charge is 0.267 e. The van der Waals surface area contributed by atoms with Gasteiger partial charge in [0.2, 0.25) is 27.6 Å². The number of sulfonamides is 1. The Bertz CT molecular complexity index is 2640. The zero-order valence-electron chi connectivity index (χ0n) is 34.2. The quantitative estimate of drug-likeness (QED) is 0.113. The van der Waals surface area contributed by atoms with Crippen molar-refractivity contribution in [2.45, 2.75) is 56.8 Å². The molecular weight excluding hydrogens is 823 g/mol. The average Bonchev–Trinajstić information content (AvgIpc) is 3.70. The molecule has 1 atom stereocenters. The standard InChI is InChI=1S/C44H46F2N8O7S/c1-26(2)62(59,60)51-35-10-9-34(45)39(40(35)46)41(57)33-24-49-42-32(33)22-29(23-48-42)31-4-3-15-47-43(31)54-20-18-53(19-21-54)38(56)25-52-16-13-28(14-17-52)27-5-7-30(8-6-27)61-36-11-12-37(55)50-44(36)58/h3-10,15,22-24,26,28,36,51H,11-14,16-21,25H2,1-2H3,(H,48,49)(H,50,55,58). The molecule has 3 aromatic heterocycles. The number of fused-ring (bicyclic) bond motifs is 1. The number of hydrogen-bond acceptors (Lipinski definition) is 11. The minimum atomic E-state index is -3.98. The molecule has 3 amide bonds. The number of piperidine rings is 2. The summed E-state index contributed by atoms with van der Waals surface area (Å²) in [5.74, 6) is -2.51. The van der Waals surface area contributed by atoms with Crippen molar-refractivity contribution in [2.24, 2.45) is 0 Å². The monoisotopic (exact) mass is 868 g/mol. The van der Waals surface area contributed by atoms with Gasteiger partial charge in [0.05, 0.1) is 23.0 Å². The minimum absolute atomic E-state index is 0.0504. The van der Waals surface area contributed by atoms with Gasteiger partial charge in [-0.3, -0.25) is 34.1 Å². The number of anilines is 2. The summed E-state index contributed by atoms with van der Waals surface area (Å²) in [5.41, 5.74) is 1.32. The van der Waals surface area contributed by atoms with E-state index in [-0.39, 0.29) is 23.8 Å². The van der Waals surface area contributed by atoms with Gasteiger partial charge in [-0.15, -0.1) is 0 Å². The number of amides is 3. The third-order valence-corrected chi connectivity index (χ3v) is 13.5. The maximum absolute atomic E-state index is 15.6. The highest BCUT2D eigenvalue weighted by Gasteiger charge is 2.31. The van der Waals surface area contributed by atoms with Crippen LogP contribution in [0.25, 0.3) is 22.2 Å². The molecule has 3 aliphatic rings. The molecule has 2 aromatic carbocycles. The molecule has 0 aliphatic carbocycles. The van der Waals surface area contributed by atoms with E-state index in [0.717, 1.165) is 38.1 Å². The van der Waals surface area contributed by atoms with Crippen LogP contribution in [0.4, 0.5) is 20.3 Å². The zero-order valence-corrected chi connectivity index (χ0v) is 35.0. The van der Waals surface area contributed by atoms with E-state index in [0.29, 0.717) is 78.8 Å². The van der Waals surface area contributed by atoms with Crippen LogP contribution in [0, 0.1) is 11.6 Å². The van der Waals surface area contributed by atoms with Crippen molar-refractivity contribution in [1.29, 1.82) is 0 Å². The van der Waals surface area contributed by atoms with Crippen LogP contribution in [-0.4, -0.2) is 114 Å². The highest BCUT2D eigenvalue weighted by Crippen LogP contribution is 2.34. The molecule has 62 heavy (non-hydrogen) atoms. The number of ether oxygens (including phenoxy) is 1. The first-order valence-corrected chi connectivity index (χ1v) is 22.1. The molecule has 15 nitrogen and oxygen atoms in total. The molecule has 0 radical (unpaired) electrons. The van der Waals surface area contributed by atoms with Gasteiger partial charge in [0.15, 0.2) is 11.9 Å². The molecular formula is C44H46F2N8O7S. The predicted molar refractivity (Wildman–Crippen MR) is 227 cm³/mol. The number of hydrogen-bond donors (Lipinski definition) is 3. The molecule has 0 spiro atoms. The lowest BCUT2D eigenvalue weighted by Crippen LogP contribution is -2.52. The van der Waals surface area contributed by atoms with E-state index in [1.807, 2.05) is 35.2 Å². The van der Waals surface area contributed by atoms with E-state index in [2.05, 4.69) is 34.8 Å². The second-order valence-electron chi connectivity index (χ2n) is 16.1. The van der Waals surface area contributed by atoms with Crippen LogP contribution in [-0.2, 0) is 24.4 Å². The summed E-state index contributed by atoms with van der Waals surface area (Å²) >= 11 is 0. The Labute approximate surface area is 356 Å². The van der Waals surface area contributed by atoms with Gasteiger partial charge in [0, 0.05) is 79.7 Å². The van der Waals surface area contributed by atoms with Crippen LogP contribution in [0.1, 0.15) is 66.9 Å². The number of aromatic nitrogens is 3. The van der Waals surface area contributed by atoms with Gasteiger partial charge in [-0.1, -0.05) is 12.1 Å². The van der Waals surface area contributed by atoms with Gasteiger partial charge in [-0.25, -0.2) is 27.2 Å². The summed E-state index contributed by atoms with van der Waals surface area (Å²) in [6.07, 6.45) is 6.34. The Morgan fingerprint density at radius 3 is 2.40 bits per heavy atom. The van der Waals surface area contributed by atoms with Gasteiger partial charge < -0.3 is 19.5 Å². The number of aromatic amines is 1. The zero-order chi connectivity index (χ0) is 43.7. The van der Waals surface area contributed by atoms with Crippen LogP contribution in [0.3, 0.4) is 0 Å². The number of benzene rings is 2. The third kappa shape index (κ3) is 8.88. The molecule has 6 heterocycles. The summed E-state index contributed by atoms with van der Waals surface area (Å²) in [6.45, 7) is 6.76. The first-order chi connectivity index (χ1) is 29.8. The van der Waals surface area contributed by atoms with Crippen molar-refractivity contribution >= 4 is 56.1 Å². The topological polar surface area (TPSA) is 187 Å². The number of carbonyl (C=O) groups is 4. The second kappa shape index (κ2) is 17.6. The van der Waals surface area contributed by atoms with Crippen molar-refractivity contribution in [2.75, 3.05) is 55.4 Å². The summed E-state index contributed by atoms with van der Waals surface area (Å²) in [7, 11) is -3.98. The minimum Gasteiger partial charge on any atom is -0.481 e. The number of ketones is 1. The molecule has 324 valence electrons. The van der Waals surface area contributed by atoms with Gasteiger partial charge in [-0.05, 0) is 93.7 Å². The SMILES string of the molecule is CC(C)S(=O)(=O)Nc1ccc(F)c(C(=O)c2c[nH]c3ncc(-c4cccnc4N4CCN(C(=O)CN5CCC(c6ccc(OC7CCC(=O)NC7=O)cc6)CC5)CC4)cc23)c1F.